The fourth-order valence-electron chi connectivity index (χ4n) is 2.16. The van der Waals surface area contributed by atoms with Crippen LogP contribution in [0.4, 0.5) is 0 Å². The summed E-state index contributed by atoms with van der Waals surface area (Å²) in [6.45, 7) is 6.75. The molecule has 0 aliphatic carbocycles. The van der Waals surface area contributed by atoms with Gasteiger partial charge in [0.05, 0.1) is 0 Å². The molecule has 22 heavy (non-hydrogen) atoms. The molecule has 0 radical (unpaired) electrons. The Bertz CT molecular complexity index is 469. The highest BCUT2D eigenvalue weighted by Gasteiger charge is 2.26. The fraction of sp³-hybridized carbons (Fsp3) is 0.500. The van der Waals surface area contributed by atoms with Crippen molar-refractivity contribution in [3.8, 4) is 0 Å². The van der Waals surface area contributed by atoms with Crippen LogP contribution in [-0.4, -0.2) is 56.4 Å². The van der Waals surface area contributed by atoms with Crippen LogP contribution in [0.5, 0.6) is 0 Å². The molecule has 124 valence electrons. The molecule has 0 heterocycles. The molecule has 0 spiro atoms. The van der Waals surface area contributed by atoms with Crippen molar-refractivity contribution in [2.24, 2.45) is 5.41 Å². The summed E-state index contributed by atoms with van der Waals surface area (Å²) in [5.41, 5.74) is 0.689. The smallest absolute Gasteiger partial charge is 0.162 e. The predicted octanol–water partition coefficient (Wildman–Crippen LogP) is 3.37. The van der Waals surface area contributed by atoms with E-state index in [9.17, 15) is 4.79 Å². The Morgan fingerprint density at radius 2 is 1.68 bits per heavy atom. The maximum Gasteiger partial charge on any atom is 0.162 e. The van der Waals surface area contributed by atoms with Gasteiger partial charge in [-0.2, -0.15) is 0 Å². The average molecular weight is 369 g/mol. The van der Waals surface area contributed by atoms with Crippen molar-refractivity contribution in [1.29, 1.82) is 0 Å². The minimum atomic E-state index is -0.369. The Balaban J connectivity index is 0.00000441. The highest BCUT2D eigenvalue weighted by atomic mass is 79.9. The van der Waals surface area contributed by atoms with E-state index in [1.165, 1.54) is 0 Å². The standard InChI is InChI=1S/C18H28N2O.BrH/c1-18(2,15-20(5)14-13-19(3)4)17(21)12-11-16-9-7-6-8-10-16;/h6-12H,13-15H2,1-5H3;1H/b12-11+;. The molecular weight excluding hydrogens is 340 g/mol. The minimum absolute atomic E-state index is 0. The molecule has 4 heteroatoms. The van der Waals surface area contributed by atoms with Gasteiger partial charge in [-0.15, -0.1) is 17.0 Å². The number of likely N-dealkylation sites (N-methyl/N-ethyl adjacent to an activating group) is 2. The van der Waals surface area contributed by atoms with E-state index in [0.29, 0.717) is 0 Å². The van der Waals surface area contributed by atoms with E-state index >= 15 is 0 Å². The number of benzene rings is 1. The number of ketones is 1. The number of carbonyl (C=O) groups excluding carboxylic acids is 1. The molecule has 0 aromatic heterocycles. The van der Waals surface area contributed by atoms with Crippen molar-refractivity contribution < 1.29 is 4.79 Å². The summed E-state index contributed by atoms with van der Waals surface area (Å²) in [5, 5.41) is 0. The normalized spacial score (nSPS) is 12.0. The van der Waals surface area contributed by atoms with Gasteiger partial charge in [0.1, 0.15) is 0 Å². The number of allylic oxidation sites excluding steroid dienone is 1. The highest BCUT2D eigenvalue weighted by molar-refractivity contribution is 8.93. The molecule has 1 aromatic carbocycles. The molecule has 0 fully saturated rings. The highest BCUT2D eigenvalue weighted by Crippen LogP contribution is 2.19. The third-order valence-corrected chi connectivity index (χ3v) is 3.49. The van der Waals surface area contributed by atoms with Crippen LogP contribution in [0.25, 0.3) is 6.08 Å². The number of rotatable bonds is 8. The number of hydrogen-bond acceptors (Lipinski definition) is 3. The Morgan fingerprint density at radius 1 is 1.09 bits per heavy atom. The Kier molecular flexibility index (Phi) is 9.49. The van der Waals surface area contributed by atoms with E-state index in [0.717, 1.165) is 25.2 Å². The van der Waals surface area contributed by atoms with E-state index in [4.69, 9.17) is 0 Å². The quantitative estimate of drug-likeness (QED) is 0.657. The van der Waals surface area contributed by atoms with E-state index < -0.39 is 0 Å². The van der Waals surface area contributed by atoms with Gasteiger partial charge < -0.3 is 9.80 Å². The third-order valence-electron chi connectivity index (χ3n) is 3.49. The van der Waals surface area contributed by atoms with Gasteiger partial charge in [0.15, 0.2) is 5.78 Å². The lowest BCUT2D eigenvalue weighted by molar-refractivity contribution is -0.122. The molecule has 0 unspecified atom stereocenters. The first kappa shape index (κ1) is 21.0. The summed E-state index contributed by atoms with van der Waals surface area (Å²) in [6, 6.07) is 9.93. The number of halogens is 1. The molecule has 0 aliphatic heterocycles. The zero-order chi connectivity index (χ0) is 15.9. The molecular formula is C18H29BrN2O. The van der Waals surface area contributed by atoms with Crippen molar-refractivity contribution in [1.82, 2.24) is 9.80 Å². The van der Waals surface area contributed by atoms with Gasteiger partial charge in [-0.3, -0.25) is 4.79 Å². The summed E-state index contributed by atoms with van der Waals surface area (Å²) < 4.78 is 0. The third kappa shape index (κ3) is 7.87. The molecule has 0 N–H and O–H groups in total. The Morgan fingerprint density at radius 3 is 2.23 bits per heavy atom. The second-order valence-corrected chi connectivity index (χ2v) is 6.53. The second-order valence-electron chi connectivity index (χ2n) is 6.53. The van der Waals surface area contributed by atoms with Gasteiger partial charge >= 0.3 is 0 Å². The van der Waals surface area contributed by atoms with Crippen LogP contribution in [0.2, 0.25) is 0 Å². The summed E-state index contributed by atoms with van der Waals surface area (Å²) in [7, 11) is 6.19. The largest absolute Gasteiger partial charge is 0.308 e. The van der Waals surface area contributed by atoms with Crippen LogP contribution in [-0.2, 0) is 4.79 Å². The van der Waals surface area contributed by atoms with Gasteiger partial charge in [0.2, 0.25) is 0 Å². The van der Waals surface area contributed by atoms with E-state index in [1.807, 2.05) is 50.3 Å². The van der Waals surface area contributed by atoms with Crippen LogP contribution in [0.1, 0.15) is 19.4 Å². The first-order valence-electron chi connectivity index (χ1n) is 7.42. The molecule has 0 bridgehead atoms. The number of carbonyl (C=O) groups is 1. The lowest BCUT2D eigenvalue weighted by atomic mass is 9.87. The Hall–Kier alpha value is -0.970. The first-order chi connectivity index (χ1) is 9.81. The average Bonchev–Trinajstić information content (AvgIpc) is 2.43. The summed E-state index contributed by atoms with van der Waals surface area (Å²) in [6.07, 6.45) is 3.60. The van der Waals surface area contributed by atoms with Crippen LogP contribution >= 0.6 is 17.0 Å². The molecule has 1 rings (SSSR count). The molecule has 0 aliphatic rings. The van der Waals surface area contributed by atoms with Crippen molar-refractivity contribution in [3.63, 3.8) is 0 Å². The van der Waals surface area contributed by atoms with Crippen molar-refractivity contribution in [2.45, 2.75) is 13.8 Å². The van der Waals surface area contributed by atoms with Crippen molar-refractivity contribution in [3.05, 3.63) is 42.0 Å². The summed E-state index contributed by atoms with van der Waals surface area (Å²) in [5.74, 6) is 0.169. The summed E-state index contributed by atoms with van der Waals surface area (Å²) >= 11 is 0. The zero-order valence-electron chi connectivity index (χ0n) is 14.4. The molecule has 0 saturated heterocycles. The second kappa shape index (κ2) is 9.93. The lowest BCUT2D eigenvalue weighted by Crippen LogP contribution is -2.39. The topological polar surface area (TPSA) is 23.6 Å². The van der Waals surface area contributed by atoms with Gasteiger partial charge in [0, 0.05) is 25.0 Å². The van der Waals surface area contributed by atoms with Crippen LogP contribution in [0.3, 0.4) is 0 Å². The van der Waals surface area contributed by atoms with Gasteiger partial charge in [-0.1, -0.05) is 50.3 Å². The van der Waals surface area contributed by atoms with E-state index in [-0.39, 0.29) is 28.2 Å². The molecule has 0 atom stereocenters. The SMILES string of the molecule is Br.CN(C)CCN(C)CC(C)(C)C(=O)/C=C/c1ccccc1. The maximum atomic E-state index is 12.4. The molecule has 0 saturated carbocycles. The number of hydrogen-bond donors (Lipinski definition) is 0. The number of nitrogens with zero attached hydrogens (tertiary/aromatic N) is 2. The van der Waals surface area contributed by atoms with Gasteiger partial charge in [-0.25, -0.2) is 0 Å². The zero-order valence-corrected chi connectivity index (χ0v) is 16.1. The maximum absolute atomic E-state index is 12.4. The van der Waals surface area contributed by atoms with E-state index in [1.54, 1.807) is 6.08 Å². The van der Waals surface area contributed by atoms with Gasteiger partial charge in [-0.05, 0) is 32.8 Å². The first-order valence-corrected chi connectivity index (χ1v) is 7.42. The molecule has 1 aromatic rings. The molecule has 3 nitrogen and oxygen atoms in total. The van der Waals surface area contributed by atoms with E-state index in [2.05, 4.69) is 30.9 Å². The van der Waals surface area contributed by atoms with Gasteiger partial charge in [0.25, 0.3) is 0 Å². The minimum Gasteiger partial charge on any atom is -0.308 e. The monoisotopic (exact) mass is 368 g/mol. The van der Waals surface area contributed by atoms with Crippen LogP contribution in [0, 0.1) is 5.41 Å². The van der Waals surface area contributed by atoms with Crippen molar-refractivity contribution >= 4 is 28.8 Å². The fourth-order valence-corrected chi connectivity index (χ4v) is 2.16. The lowest BCUT2D eigenvalue weighted by Gasteiger charge is -2.28. The van der Waals surface area contributed by atoms with Crippen molar-refractivity contribution in [2.75, 3.05) is 40.8 Å². The summed E-state index contributed by atoms with van der Waals surface area (Å²) in [4.78, 5) is 16.8. The van der Waals surface area contributed by atoms with Crippen LogP contribution in [0.15, 0.2) is 36.4 Å². The predicted molar refractivity (Wildman–Crippen MR) is 101 cm³/mol. The molecule has 0 amide bonds. The Labute approximate surface area is 145 Å². The van der Waals surface area contributed by atoms with Crippen LogP contribution < -0.4 is 0 Å².